The number of likely N-dealkylation sites (tertiary alicyclic amines) is 1. The van der Waals surface area contributed by atoms with Crippen LogP contribution in [0.2, 0.25) is 0 Å². The second-order valence-corrected chi connectivity index (χ2v) is 5.20. The molecule has 1 saturated heterocycles. The van der Waals surface area contributed by atoms with E-state index in [2.05, 4.69) is 6.92 Å². The molecule has 1 aliphatic heterocycles. The molecule has 88 valence electrons. The van der Waals surface area contributed by atoms with E-state index in [1.54, 1.807) is 11.8 Å². The maximum atomic E-state index is 12.0. The second-order valence-electron chi connectivity index (χ2n) is 4.21. The summed E-state index contributed by atoms with van der Waals surface area (Å²) in [6.07, 6.45) is 6.10. The average Bonchev–Trinajstić information content (AvgIpc) is 2.25. The van der Waals surface area contributed by atoms with Gasteiger partial charge in [0.05, 0.1) is 0 Å². The fourth-order valence-electron chi connectivity index (χ4n) is 2.29. The zero-order valence-corrected chi connectivity index (χ0v) is 10.6. The molecule has 0 aliphatic carbocycles. The van der Waals surface area contributed by atoms with Gasteiger partial charge in [-0.15, -0.1) is 0 Å². The molecule has 1 aliphatic rings. The number of nitrogens with zero attached hydrogens (tertiary/aromatic N) is 1. The predicted octanol–water partition coefficient (Wildman–Crippen LogP) is 1.47. The molecule has 1 heterocycles. The summed E-state index contributed by atoms with van der Waals surface area (Å²) < 4.78 is 0. The van der Waals surface area contributed by atoms with Crippen molar-refractivity contribution < 1.29 is 4.79 Å². The number of piperidine rings is 1. The van der Waals surface area contributed by atoms with Crippen molar-refractivity contribution in [2.75, 3.05) is 18.6 Å². The highest BCUT2D eigenvalue weighted by Gasteiger charge is 2.30. The molecule has 2 atom stereocenters. The van der Waals surface area contributed by atoms with Crippen molar-refractivity contribution in [1.82, 2.24) is 4.90 Å². The Labute approximate surface area is 96.8 Å². The Morgan fingerprint density at radius 3 is 2.87 bits per heavy atom. The summed E-state index contributed by atoms with van der Waals surface area (Å²) in [5.41, 5.74) is 5.72. The third-order valence-corrected chi connectivity index (χ3v) is 3.72. The first-order chi connectivity index (χ1) is 7.20. The van der Waals surface area contributed by atoms with Crippen LogP contribution in [-0.2, 0) is 4.79 Å². The molecular weight excluding hydrogens is 208 g/mol. The number of nitrogens with two attached hydrogens (primary N) is 1. The standard InChI is InChI=1S/C11H22N2OS/c1-9-4-3-5-10(8-12)13(9)11(14)6-7-15-2/h9-10H,3-8,12H2,1-2H3. The smallest absolute Gasteiger partial charge is 0.223 e. The van der Waals surface area contributed by atoms with Gasteiger partial charge in [-0.05, 0) is 32.4 Å². The molecule has 0 saturated carbocycles. The summed E-state index contributed by atoms with van der Waals surface area (Å²) in [7, 11) is 0. The highest BCUT2D eigenvalue weighted by Crippen LogP contribution is 2.23. The SMILES string of the molecule is CSCCC(=O)N1C(C)CCCC1CN. The van der Waals surface area contributed by atoms with E-state index in [-0.39, 0.29) is 11.9 Å². The maximum Gasteiger partial charge on any atom is 0.223 e. The first-order valence-electron chi connectivity index (χ1n) is 5.70. The number of hydrogen-bond acceptors (Lipinski definition) is 3. The normalized spacial score (nSPS) is 26.7. The number of hydrogen-bond donors (Lipinski definition) is 1. The van der Waals surface area contributed by atoms with Gasteiger partial charge in [0.25, 0.3) is 0 Å². The van der Waals surface area contributed by atoms with Gasteiger partial charge in [-0.2, -0.15) is 11.8 Å². The van der Waals surface area contributed by atoms with E-state index in [1.165, 1.54) is 6.42 Å². The summed E-state index contributed by atoms with van der Waals surface area (Å²) in [5, 5.41) is 0. The van der Waals surface area contributed by atoms with Crippen LogP contribution in [0.15, 0.2) is 0 Å². The molecule has 0 aromatic carbocycles. The van der Waals surface area contributed by atoms with Crippen molar-refractivity contribution in [3.8, 4) is 0 Å². The average molecular weight is 230 g/mol. The van der Waals surface area contributed by atoms with Gasteiger partial charge in [-0.25, -0.2) is 0 Å². The minimum absolute atomic E-state index is 0.281. The van der Waals surface area contributed by atoms with Crippen molar-refractivity contribution >= 4 is 17.7 Å². The van der Waals surface area contributed by atoms with Crippen LogP contribution >= 0.6 is 11.8 Å². The topological polar surface area (TPSA) is 46.3 Å². The molecule has 0 radical (unpaired) electrons. The van der Waals surface area contributed by atoms with Gasteiger partial charge in [-0.1, -0.05) is 0 Å². The van der Waals surface area contributed by atoms with Crippen molar-refractivity contribution in [2.45, 2.75) is 44.7 Å². The molecule has 1 fully saturated rings. The van der Waals surface area contributed by atoms with Gasteiger partial charge in [-0.3, -0.25) is 4.79 Å². The van der Waals surface area contributed by atoms with Crippen LogP contribution in [0.25, 0.3) is 0 Å². The van der Waals surface area contributed by atoms with Crippen molar-refractivity contribution in [3.63, 3.8) is 0 Å². The molecule has 15 heavy (non-hydrogen) atoms. The molecule has 0 aromatic heterocycles. The van der Waals surface area contributed by atoms with Gasteiger partial charge < -0.3 is 10.6 Å². The maximum absolute atomic E-state index is 12.0. The molecule has 1 rings (SSSR count). The summed E-state index contributed by atoms with van der Waals surface area (Å²) in [4.78, 5) is 14.0. The molecule has 0 spiro atoms. The number of carbonyl (C=O) groups is 1. The van der Waals surface area contributed by atoms with Gasteiger partial charge in [0.15, 0.2) is 0 Å². The quantitative estimate of drug-likeness (QED) is 0.795. The lowest BCUT2D eigenvalue weighted by Gasteiger charge is -2.40. The minimum atomic E-state index is 0.281. The molecule has 0 bridgehead atoms. The lowest BCUT2D eigenvalue weighted by molar-refractivity contribution is -0.137. The molecular formula is C11H22N2OS. The zero-order chi connectivity index (χ0) is 11.3. The third-order valence-electron chi connectivity index (χ3n) is 3.11. The largest absolute Gasteiger partial charge is 0.336 e. The van der Waals surface area contributed by atoms with Crippen LogP contribution < -0.4 is 5.73 Å². The minimum Gasteiger partial charge on any atom is -0.336 e. The summed E-state index contributed by atoms with van der Waals surface area (Å²) >= 11 is 1.73. The Kier molecular flexibility index (Phi) is 5.47. The van der Waals surface area contributed by atoms with E-state index in [4.69, 9.17) is 5.73 Å². The number of thioether (sulfide) groups is 1. The van der Waals surface area contributed by atoms with Crippen LogP contribution in [0.5, 0.6) is 0 Å². The Hall–Kier alpha value is -0.220. The van der Waals surface area contributed by atoms with E-state index >= 15 is 0 Å². The first-order valence-corrected chi connectivity index (χ1v) is 7.10. The summed E-state index contributed by atoms with van der Waals surface area (Å²) in [5.74, 6) is 1.20. The molecule has 1 amide bonds. The monoisotopic (exact) mass is 230 g/mol. The van der Waals surface area contributed by atoms with Crippen molar-refractivity contribution in [1.29, 1.82) is 0 Å². The number of rotatable bonds is 4. The summed E-state index contributed by atoms with van der Waals surface area (Å²) in [6, 6.07) is 0.657. The lowest BCUT2D eigenvalue weighted by Crippen LogP contribution is -2.51. The zero-order valence-electron chi connectivity index (χ0n) is 9.74. The van der Waals surface area contributed by atoms with E-state index in [9.17, 15) is 4.79 Å². The first kappa shape index (κ1) is 12.8. The molecule has 2 unspecified atom stereocenters. The van der Waals surface area contributed by atoms with Crippen LogP contribution in [-0.4, -0.2) is 41.4 Å². The predicted molar refractivity (Wildman–Crippen MR) is 66.0 cm³/mol. The van der Waals surface area contributed by atoms with E-state index in [0.29, 0.717) is 19.0 Å². The third kappa shape index (κ3) is 3.38. The van der Waals surface area contributed by atoms with Gasteiger partial charge in [0.2, 0.25) is 5.91 Å². The second kappa shape index (κ2) is 6.38. The van der Waals surface area contributed by atoms with Crippen molar-refractivity contribution in [3.05, 3.63) is 0 Å². The Balaban J connectivity index is 2.56. The van der Waals surface area contributed by atoms with E-state index in [0.717, 1.165) is 18.6 Å². The van der Waals surface area contributed by atoms with Crippen LogP contribution in [0, 0.1) is 0 Å². The molecule has 4 heteroatoms. The molecule has 3 nitrogen and oxygen atoms in total. The van der Waals surface area contributed by atoms with Crippen LogP contribution in [0.3, 0.4) is 0 Å². The lowest BCUT2D eigenvalue weighted by atomic mass is 9.96. The summed E-state index contributed by atoms with van der Waals surface area (Å²) in [6.45, 7) is 2.74. The van der Waals surface area contributed by atoms with Gasteiger partial charge in [0, 0.05) is 30.8 Å². The van der Waals surface area contributed by atoms with Crippen LogP contribution in [0.1, 0.15) is 32.6 Å². The van der Waals surface area contributed by atoms with Gasteiger partial charge in [0.1, 0.15) is 0 Å². The fraction of sp³-hybridized carbons (Fsp3) is 0.909. The van der Waals surface area contributed by atoms with E-state index in [1.807, 2.05) is 11.2 Å². The van der Waals surface area contributed by atoms with Crippen LogP contribution in [0.4, 0.5) is 0 Å². The highest BCUT2D eigenvalue weighted by molar-refractivity contribution is 7.98. The van der Waals surface area contributed by atoms with Gasteiger partial charge >= 0.3 is 0 Å². The fourth-order valence-corrected chi connectivity index (χ4v) is 2.67. The highest BCUT2D eigenvalue weighted by atomic mass is 32.2. The Morgan fingerprint density at radius 1 is 1.53 bits per heavy atom. The Morgan fingerprint density at radius 2 is 2.27 bits per heavy atom. The van der Waals surface area contributed by atoms with E-state index < -0.39 is 0 Å². The molecule has 2 N–H and O–H groups in total. The number of carbonyl (C=O) groups excluding carboxylic acids is 1. The Bertz CT molecular complexity index is 211. The molecule has 0 aromatic rings. The van der Waals surface area contributed by atoms with Crippen molar-refractivity contribution in [2.24, 2.45) is 5.73 Å². The number of amides is 1.